The van der Waals surface area contributed by atoms with Gasteiger partial charge < -0.3 is 5.32 Å². The molecule has 1 N–H and O–H groups in total. The largest absolute Gasteiger partial charge is 0.349 e. The molecule has 1 aliphatic rings. The summed E-state index contributed by atoms with van der Waals surface area (Å²) in [6.07, 6.45) is 4.77. The summed E-state index contributed by atoms with van der Waals surface area (Å²) in [6.45, 7) is 4.48. The van der Waals surface area contributed by atoms with E-state index >= 15 is 0 Å². The van der Waals surface area contributed by atoms with Crippen LogP contribution in [-0.2, 0) is 0 Å². The average Bonchev–Trinajstić information content (AvgIpc) is 2.42. The quantitative estimate of drug-likeness (QED) is 0.805. The van der Waals surface area contributed by atoms with Crippen LogP contribution in [0.15, 0.2) is 22.7 Å². The fourth-order valence-corrected chi connectivity index (χ4v) is 3.45. The lowest BCUT2D eigenvalue weighted by Crippen LogP contribution is -2.43. The van der Waals surface area contributed by atoms with E-state index in [1.807, 2.05) is 6.07 Å². The first-order valence-electron chi connectivity index (χ1n) is 7.25. The number of carbonyl (C=O) groups excluding carboxylic acids is 1. The summed E-state index contributed by atoms with van der Waals surface area (Å²) in [4.78, 5) is 12.4. The maximum absolute atomic E-state index is 12.4. The standard InChI is InChI=1S/C16H21BrClNO/c1-10(2)12-5-3-4-6-15(12)19-16(20)11-7-8-13(17)14(18)9-11/h7-10,12,15H,3-6H2,1-2H3,(H,19,20). The fraction of sp³-hybridized carbons (Fsp3) is 0.562. The molecule has 0 spiro atoms. The Hall–Kier alpha value is -0.540. The lowest BCUT2D eigenvalue weighted by Gasteiger charge is -2.34. The zero-order chi connectivity index (χ0) is 14.7. The van der Waals surface area contributed by atoms with E-state index in [0.717, 1.165) is 10.9 Å². The van der Waals surface area contributed by atoms with Crippen molar-refractivity contribution >= 4 is 33.4 Å². The molecule has 0 bridgehead atoms. The Morgan fingerprint density at radius 2 is 2.05 bits per heavy atom. The Morgan fingerprint density at radius 3 is 2.70 bits per heavy atom. The maximum atomic E-state index is 12.4. The van der Waals surface area contributed by atoms with E-state index in [0.29, 0.717) is 28.5 Å². The van der Waals surface area contributed by atoms with Crippen LogP contribution in [0.25, 0.3) is 0 Å². The van der Waals surface area contributed by atoms with Gasteiger partial charge in [-0.05, 0) is 58.8 Å². The molecule has 2 nitrogen and oxygen atoms in total. The van der Waals surface area contributed by atoms with Gasteiger partial charge in [0.1, 0.15) is 0 Å². The average molecular weight is 359 g/mol. The zero-order valence-corrected chi connectivity index (χ0v) is 14.3. The van der Waals surface area contributed by atoms with E-state index in [1.165, 1.54) is 19.3 Å². The van der Waals surface area contributed by atoms with Crippen LogP contribution in [0.1, 0.15) is 49.9 Å². The molecular weight excluding hydrogens is 338 g/mol. The summed E-state index contributed by atoms with van der Waals surface area (Å²) in [5.41, 5.74) is 0.631. The SMILES string of the molecule is CC(C)C1CCCCC1NC(=O)c1ccc(Br)c(Cl)c1. The number of benzene rings is 1. The fourth-order valence-electron chi connectivity index (χ4n) is 3.03. The molecule has 1 aliphatic carbocycles. The van der Waals surface area contributed by atoms with Gasteiger partial charge >= 0.3 is 0 Å². The van der Waals surface area contributed by atoms with Gasteiger partial charge in [0.05, 0.1) is 5.02 Å². The van der Waals surface area contributed by atoms with Crippen molar-refractivity contribution in [1.82, 2.24) is 5.32 Å². The predicted molar refractivity (Wildman–Crippen MR) is 87.2 cm³/mol. The lowest BCUT2D eigenvalue weighted by molar-refractivity contribution is 0.0889. The number of nitrogens with one attached hydrogen (secondary N) is 1. The number of halogens is 2. The first-order chi connectivity index (χ1) is 9.49. The number of carbonyl (C=O) groups is 1. The van der Waals surface area contributed by atoms with Crippen LogP contribution < -0.4 is 5.32 Å². The topological polar surface area (TPSA) is 29.1 Å². The highest BCUT2D eigenvalue weighted by molar-refractivity contribution is 9.10. The van der Waals surface area contributed by atoms with Gasteiger partial charge in [0, 0.05) is 16.1 Å². The summed E-state index contributed by atoms with van der Waals surface area (Å²) >= 11 is 9.39. The van der Waals surface area contributed by atoms with Crippen molar-refractivity contribution in [1.29, 1.82) is 0 Å². The Labute approximate surface area is 134 Å². The highest BCUT2D eigenvalue weighted by Gasteiger charge is 2.28. The molecule has 1 saturated carbocycles. The second-order valence-electron chi connectivity index (χ2n) is 5.90. The van der Waals surface area contributed by atoms with Crippen molar-refractivity contribution in [2.45, 2.75) is 45.6 Å². The maximum Gasteiger partial charge on any atom is 0.251 e. The molecule has 1 aromatic rings. The van der Waals surface area contributed by atoms with Crippen LogP contribution in [0.3, 0.4) is 0 Å². The highest BCUT2D eigenvalue weighted by Crippen LogP contribution is 2.30. The Kier molecular flexibility index (Phi) is 5.50. The van der Waals surface area contributed by atoms with Gasteiger partial charge in [0.15, 0.2) is 0 Å². The van der Waals surface area contributed by atoms with Crippen LogP contribution in [0, 0.1) is 11.8 Å². The molecule has 2 rings (SSSR count). The molecular formula is C16H21BrClNO. The third-order valence-corrected chi connectivity index (χ3v) is 5.41. The molecule has 110 valence electrons. The Balaban J connectivity index is 2.07. The Bertz CT molecular complexity index is 489. The number of hydrogen-bond acceptors (Lipinski definition) is 1. The van der Waals surface area contributed by atoms with Crippen molar-refractivity contribution in [2.75, 3.05) is 0 Å². The van der Waals surface area contributed by atoms with Crippen LogP contribution >= 0.6 is 27.5 Å². The van der Waals surface area contributed by atoms with Crippen molar-refractivity contribution in [2.24, 2.45) is 11.8 Å². The molecule has 2 atom stereocenters. The number of rotatable bonds is 3. The van der Waals surface area contributed by atoms with E-state index in [1.54, 1.807) is 12.1 Å². The minimum atomic E-state index is -0.0167. The van der Waals surface area contributed by atoms with E-state index in [4.69, 9.17) is 11.6 Å². The molecule has 1 amide bonds. The van der Waals surface area contributed by atoms with Gasteiger partial charge in [0.2, 0.25) is 0 Å². The third kappa shape index (κ3) is 3.76. The number of hydrogen-bond donors (Lipinski definition) is 1. The van der Waals surface area contributed by atoms with Crippen LogP contribution in [0.4, 0.5) is 0 Å². The van der Waals surface area contributed by atoms with Crippen molar-refractivity contribution in [3.05, 3.63) is 33.3 Å². The minimum Gasteiger partial charge on any atom is -0.349 e. The van der Waals surface area contributed by atoms with Gasteiger partial charge in [-0.15, -0.1) is 0 Å². The highest BCUT2D eigenvalue weighted by atomic mass is 79.9. The van der Waals surface area contributed by atoms with Gasteiger partial charge in [-0.1, -0.05) is 38.3 Å². The summed E-state index contributed by atoms with van der Waals surface area (Å²) in [7, 11) is 0. The van der Waals surface area contributed by atoms with Gasteiger partial charge in [-0.25, -0.2) is 0 Å². The summed E-state index contributed by atoms with van der Waals surface area (Å²) in [5.74, 6) is 1.17. The normalized spacial score (nSPS) is 22.9. The first kappa shape index (κ1) is 15.8. The molecule has 4 heteroatoms. The smallest absolute Gasteiger partial charge is 0.251 e. The van der Waals surface area contributed by atoms with Crippen molar-refractivity contribution in [3.8, 4) is 0 Å². The molecule has 0 saturated heterocycles. The summed E-state index contributed by atoms with van der Waals surface area (Å²) in [6, 6.07) is 5.63. The van der Waals surface area contributed by atoms with Gasteiger partial charge in [0.25, 0.3) is 5.91 Å². The summed E-state index contributed by atoms with van der Waals surface area (Å²) < 4.78 is 0.813. The Morgan fingerprint density at radius 1 is 1.35 bits per heavy atom. The van der Waals surface area contributed by atoms with Crippen molar-refractivity contribution in [3.63, 3.8) is 0 Å². The molecule has 1 fully saturated rings. The van der Waals surface area contributed by atoms with Crippen molar-refractivity contribution < 1.29 is 4.79 Å². The van der Waals surface area contributed by atoms with E-state index in [9.17, 15) is 4.79 Å². The van der Waals surface area contributed by atoms with Gasteiger partial charge in [-0.3, -0.25) is 4.79 Å². The van der Waals surface area contributed by atoms with Crippen LogP contribution in [-0.4, -0.2) is 11.9 Å². The molecule has 20 heavy (non-hydrogen) atoms. The molecule has 1 aromatic carbocycles. The molecule has 0 heterocycles. The summed E-state index contributed by atoms with van der Waals surface area (Å²) in [5, 5.41) is 3.77. The molecule has 0 radical (unpaired) electrons. The predicted octanol–water partition coefficient (Wildman–Crippen LogP) is 5.05. The first-order valence-corrected chi connectivity index (χ1v) is 8.42. The van der Waals surface area contributed by atoms with Crippen LogP contribution in [0.5, 0.6) is 0 Å². The lowest BCUT2D eigenvalue weighted by atomic mass is 9.78. The van der Waals surface area contributed by atoms with E-state index in [-0.39, 0.29) is 5.91 Å². The van der Waals surface area contributed by atoms with Crippen LogP contribution in [0.2, 0.25) is 5.02 Å². The zero-order valence-electron chi connectivity index (χ0n) is 12.0. The minimum absolute atomic E-state index is 0.0167. The second kappa shape index (κ2) is 6.95. The molecule has 2 unspecified atom stereocenters. The van der Waals surface area contributed by atoms with E-state index < -0.39 is 0 Å². The molecule has 0 aromatic heterocycles. The van der Waals surface area contributed by atoms with Gasteiger partial charge in [-0.2, -0.15) is 0 Å². The number of amides is 1. The molecule has 0 aliphatic heterocycles. The second-order valence-corrected chi connectivity index (χ2v) is 7.16. The monoisotopic (exact) mass is 357 g/mol. The third-order valence-electron chi connectivity index (χ3n) is 4.17. The van der Waals surface area contributed by atoms with E-state index in [2.05, 4.69) is 35.1 Å².